The lowest BCUT2D eigenvalue weighted by Crippen LogP contribution is -2.33. The Morgan fingerprint density at radius 2 is 1.70 bits per heavy atom. The lowest BCUT2D eigenvalue weighted by molar-refractivity contribution is -0.172. The van der Waals surface area contributed by atoms with E-state index in [1.807, 2.05) is 0 Å². The number of nitrogens with zero attached hydrogens (tertiary/aromatic N) is 2. The van der Waals surface area contributed by atoms with Crippen LogP contribution in [0, 0.1) is 27.7 Å². The molecule has 0 unspecified atom stereocenters. The second kappa shape index (κ2) is 6.36. The van der Waals surface area contributed by atoms with Crippen LogP contribution in [0.15, 0.2) is 4.79 Å². The Morgan fingerprint density at radius 1 is 1.04 bits per heavy atom. The predicted octanol–water partition coefficient (Wildman–Crippen LogP) is 0.974. The third kappa shape index (κ3) is 3.04. The van der Waals surface area contributed by atoms with Crippen LogP contribution in [-0.2, 0) is 12.2 Å². The summed E-state index contributed by atoms with van der Waals surface area (Å²) in [6.07, 6.45) is -0.328. The minimum atomic E-state index is -2.40. The summed E-state index contributed by atoms with van der Waals surface area (Å²) in [4.78, 5) is 26.1. The van der Waals surface area contributed by atoms with Gasteiger partial charge in [0.05, 0.1) is 36.0 Å². The van der Waals surface area contributed by atoms with E-state index in [2.05, 4.69) is 19.9 Å². The van der Waals surface area contributed by atoms with Crippen LogP contribution in [0.5, 0.6) is 11.5 Å². The molecule has 0 saturated heterocycles. The Bertz CT molecular complexity index is 1100. The number of aromatic nitrogens is 4. The van der Waals surface area contributed by atoms with Crippen LogP contribution >= 0.6 is 0 Å². The first-order chi connectivity index (χ1) is 12.6. The number of pyridine rings is 2. The molecule has 144 valence electrons. The molecule has 0 spiro atoms. The van der Waals surface area contributed by atoms with Gasteiger partial charge in [-0.05, 0) is 27.7 Å². The fourth-order valence-electron chi connectivity index (χ4n) is 3.27. The maximum absolute atomic E-state index is 12.1. The van der Waals surface area contributed by atoms with Crippen molar-refractivity contribution in [2.75, 3.05) is 7.11 Å². The van der Waals surface area contributed by atoms with E-state index in [9.17, 15) is 20.1 Å². The number of ether oxygens (including phenoxy) is 1. The largest absolute Gasteiger partial charge is 0.506 e. The van der Waals surface area contributed by atoms with Crippen molar-refractivity contribution >= 4 is 11.2 Å². The average Bonchev–Trinajstić information content (AvgIpc) is 2.98. The molecular weight excluding hydrogens is 352 g/mol. The zero-order valence-corrected chi connectivity index (χ0v) is 15.8. The van der Waals surface area contributed by atoms with Crippen molar-refractivity contribution in [1.82, 2.24) is 19.9 Å². The summed E-state index contributed by atoms with van der Waals surface area (Å²) in [6, 6.07) is 0. The summed E-state index contributed by atoms with van der Waals surface area (Å²) >= 11 is 0. The van der Waals surface area contributed by atoms with Crippen molar-refractivity contribution in [3.05, 3.63) is 44.3 Å². The van der Waals surface area contributed by atoms with Crippen molar-refractivity contribution < 1.29 is 20.1 Å². The molecular formula is C18H22N4O5. The molecule has 3 aromatic rings. The summed E-state index contributed by atoms with van der Waals surface area (Å²) < 4.78 is 5.23. The normalized spacial score (nSPS) is 12.0. The maximum Gasteiger partial charge on any atom is 0.254 e. The van der Waals surface area contributed by atoms with E-state index in [1.54, 1.807) is 27.7 Å². The van der Waals surface area contributed by atoms with Crippen LogP contribution in [0.3, 0.4) is 0 Å². The molecule has 3 heterocycles. The van der Waals surface area contributed by atoms with E-state index in [4.69, 9.17) is 4.74 Å². The Morgan fingerprint density at radius 3 is 2.33 bits per heavy atom. The molecule has 9 nitrogen and oxygen atoms in total. The van der Waals surface area contributed by atoms with Gasteiger partial charge < -0.3 is 30.0 Å². The molecule has 0 saturated carbocycles. The lowest BCUT2D eigenvalue weighted by Gasteiger charge is -2.24. The van der Waals surface area contributed by atoms with Crippen molar-refractivity contribution in [1.29, 1.82) is 0 Å². The zero-order chi connectivity index (χ0) is 20.1. The zero-order valence-electron chi connectivity index (χ0n) is 15.8. The summed E-state index contributed by atoms with van der Waals surface area (Å²) in [5, 5.41) is 31.3. The number of H-pyrrole nitrogens is 2. The first kappa shape index (κ1) is 18.9. The number of imidazole rings is 1. The van der Waals surface area contributed by atoms with Gasteiger partial charge in [0.15, 0.2) is 5.65 Å². The van der Waals surface area contributed by atoms with Crippen molar-refractivity contribution in [3.63, 3.8) is 0 Å². The number of hydrogen-bond acceptors (Lipinski definition) is 7. The van der Waals surface area contributed by atoms with Crippen LogP contribution in [-0.4, -0.2) is 42.4 Å². The van der Waals surface area contributed by atoms with Gasteiger partial charge in [-0.25, -0.2) is 9.97 Å². The highest BCUT2D eigenvalue weighted by molar-refractivity contribution is 5.77. The number of aliphatic hydroxyl groups is 2. The van der Waals surface area contributed by atoms with Gasteiger partial charge in [0, 0.05) is 11.1 Å². The molecule has 0 aliphatic rings. The second-order valence-corrected chi connectivity index (χ2v) is 6.66. The number of aromatic amines is 2. The van der Waals surface area contributed by atoms with Crippen LogP contribution < -0.4 is 10.3 Å². The minimum absolute atomic E-state index is 0.0559. The number of aryl methyl sites for hydroxylation is 2. The number of aromatic hydroxyl groups is 1. The van der Waals surface area contributed by atoms with E-state index in [-0.39, 0.29) is 23.7 Å². The molecule has 3 aromatic heterocycles. The highest BCUT2D eigenvalue weighted by Crippen LogP contribution is 2.31. The molecule has 0 aliphatic carbocycles. The van der Waals surface area contributed by atoms with Crippen LogP contribution in [0.1, 0.15) is 33.9 Å². The molecule has 0 atom stereocenters. The third-order valence-electron chi connectivity index (χ3n) is 4.73. The predicted molar refractivity (Wildman–Crippen MR) is 97.9 cm³/mol. The molecule has 3 rings (SSSR count). The Labute approximate surface area is 154 Å². The van der Waals surface area contributed by atoms with Gasteiger partial charge in [0.1, 0.15) is 17.3 Å². The maximum atomic E-state index is 12.1. The van der Waals surface area contributed by atoms with Crippen molar-refractivity contribution in [3.8, 4) is 11.5 Å². The number of nitrogens with one attached hydrogen (secondary N) is 2. The molecule has 9 heteroatoms. The smallest absolute Gasteiger partial charge is 0.254 e. The third-order valence-corrected chi connectivity index (χ3v) is 4.73. The molecule has 0 fully saturated rings. The van der Waals surface area contributed by atoms with Crippen molar-refractivity contribution in [2.45, 2.75) is 39.9 Å². The SMILES string of the molecule is COc1c(C)c(C(O)(O)Cc2nc3nc(C)c(O)c(C)c3[nH]2)[nH]c(=O)c1C. The van der Waals surface area contributed by atoms with Crippen molar-refractivity contribution in [2.24, 2.45) is 0 Å². The molecule has 0 aromatic carbocycles. The van der Waals surface area contributed by atoms with Crippen LogP contribution in [0.25, 0.3) is 11.2 Å². The highest BCUT2D eigenvalue weighted by Gasteiger charge is 2.33. The topological polar surface area (TPSA) is 144 Å². The van der Waals surface area contributed by atoms with E-state index >= 15 is 0 Å². The quantitative estimate of drug-likeness (QED) is 0.428. The number of methoxy groups -OCH3 is 1. The summed E-state index contributed by atoms with van der Waals surface area (Å²) in [5.41, 5.74) is 2.10. The summed E-state index contributed by atoms with van der Waals surface area (Å²) in [5.74, 6) is -1.80. The molecule has 0 amide bonds. The van der Waals surface area contributed by atoms with Crippen LogP contribution in [0.4, 0.5) is 0 Å². The van der Waals surface area contributed by atoms with Gasteiger partial charge in [-0.15, -0.1) is 0 Å². The minimum Gasteiger partial charge on any atom is -0.506 e. The van der Waals surface area contributed by atoms with Gasteiger partial charge >= 0.3 is 0 Å². The lowest BCUT2D eigenvalue weighted by atomic mass is 10.0. The molecule has 0 bridgehead atoms. The van der Waals surface area contributed by atoms with E-state index in [0.717, 1.165) is 0 Å². The molecule has 27 heavy (non-hydrogen) atoms. The fraction of sp³-hybridized carbons (Fsp3) is 0.389. The fourth-order valence-corrected chi connectivity index (χ4v) is 3.27. The van der Waals surface area contributed by atoms with Gasteiger partial charge in [-0.3, -0.25) is 4.79 Å². The molecule has 0 aliphatic heterocycles. The molecule has 5 N–H and O–H groups in total. The Kier molecular flexibility index (Phi) is 4.44. The monoisotopic (exact) mass is 374 g/mol. The summed E-state index contributed by atoms with van der Waals surface area (Å²) in [7, 11) is 1.41. The first-order valence-corrected chi connectivity index (χ1v) is 8.34. The van der Waals surface area contributed by atoms with Gasteiger partial charge in [-0.1, -0.05) is 0 Å². The Balaban J connectivity index is 2.08. The number of rotatable bonds is 4. The van der Waals surface area contributed by atoms with E-state index in [0.29, 0.717) is 39.3 Å². The number of hydrogen-bond donors (Lipinski definition) is 5. The first-order valence-electron chi connectivity index (χ1n) is 8.34. The molecule has 0 radical (unpaired) electrons. The van der Waals surface area contributed by atoms with Gasteiger partial charge in [0.25, 0.3) is 5.56 Å². The van der Waals surface area contributed by atoms with Gasteiger partial charge in [0.2, 0.25) is 5.79 Å². The average molecular weight is 374 g/mol. The Hall–Kier alpha value is -2.91. The standard InChI is InChI=1S/C18H22N4O5/c1-7-12-16(19-10(4)13(7)23)21-11(20-12)6-18(25,26)15-8(2)14(27-5)9(3)17(24)22-15/h23,25-26H,6H2,1-5H3,(H,22,24)(H,19,20,21). The van der Waals surface area contributed by atoms with Gasteiger partial charge in [-0.2, -0.15) is 0 Å². The van der Waals surface area contributed by atoms with E-state index in [1.165, 1.54) is 7.11 Å². The van der Waals surface area contributed by atoms with Crippen LogP contribution in [0.2, 0.25) is 0 Å². The number of fused-ring (bicyclic) bond motifs is 1. The second-order valence-electron chi connectivity index (χ2n) is 6.66. The van der Waals surface area contributed by atoms with E-state index < -0.39 is 11.3 Å². The highest BCUT2D eigenvalue weighted by atomic mass is 16.5. The summed E-state index contributed by atoms with van der Waals surface area (Å²) in [6.45, 7) is 6.59.